The van der Waals surface area contributed by atoms with Gasteiger partial charge in [-0.3, -0.25) is 14.9 Å². The van der Waals surface area contributed by atoms with Crippen molar-refractivity contribution in [3.05, 3.63) is 39.9 Å². The van der Waals surface area contributed by atoms with E-state index < -0.39 is 10.2 Å². The number of carbonyl (C=O) groups excluding carboxylic acids is 1. The first-order valence-corrected chi connectivity index (χ1v) is 4.39. The summed E-state index contributed by atoms with van der Waals surface area (Å²) < 4.78 is 0. The number of rotatable bonds is 4. The van der Waals surface area contributed by atoms with Crippen LogP contribution >= 0.6 is 11.6 Å². The van der Waals surface area contributed by atoms with Gasteiger partial charge in [-0.05, 0) is 23.6 Å². The summed E-state index contributed by atoms with van der Waals surface area (Å²) in [6.07, 6.45) is 0.632. The normalized spacial score (nSPS) is 9.79. The summed E-state index contributed by atoms with van der Waals surface area (Å²) in [6.45, 7) is 0. The second-order valence-electron chi connectivity index (χ2n) is 2.78. The Morgan fingerprint density at radius 1 is 1.50 bits per heavy atom. The number of carbonyl (C=O) groups is 1. The second kappa shape index (κ2) is 4.72. The lowest BCUT2D eigenvalue weighted by Gasteiger charge is -1.97. The van der Waals surface area contributed by atoms with Crippen molar-refractivity contribution in [3.63, 3.8) is 0 Å². The van der Waals surface area contributed by atoms with E-state index in [2.05, 4.69) is 0 Å². The molecule has 0 aliphatic carbocycles. The summed E-state index contributed by atoms with van der Waals surface area (Å²) in [7, 11) is 0. The van der Waals surface area contributed by atoms with Crippen molar-refractivity contribution < 1.29 is 9.72 Å². The number of non-ortho nitro benzene ring substituents is 1. The summed E-state index contributed by atoms with van der Waals surface area (Å²) in [5, 5.41) is 9.97. The summed E-state index contributed by atoms with van der Waals surface area (Å²) in [4.78, 5) is 20.4. The van der Waals surface area contributed by atoms with E-state index >= 15 is 0 Å². The van der Waals surface area contributed by atoms with Crippen molar-refractivity contribution in [2.75, 3.05) is 0 Å². The van der Waals surface area contributed by atoms with Gasteiger partial charge in [-0.2, -0.15) is 0 Å². The maximum Gasteiger partial charge on any atom is 0.269 e. The van der Waals surface area contributed by atoms with Crippen LogP contribution in [0.4, 0.5) is 5.69 Å². The zero-order chi connectivity index (χ0) is 10.6. The van der Waals surface area contributed by atoms with Gasteiger partial charge in [0.15, 0.2) is 0 Å². The third kappa shape index (κ3) is 3.14. The molecule has 0 unspecified atom stereocenters. The van der Waals surface area contributed by atoms with E-state index in [-0.39, 0.29) is 12.1 Å². The fraction of sp³-hybridized carbons (Fsp3) is 0.222. The van der Waals surface area contributed by atoms with Crippen LogP contribution in [0, 0.1) is 10.1 Å². The fourth-order valence-corrected chi connectivity index (χ4v) is 1.16. The molecule has 0 atom stereocenters. The van der Waals surface area contributed by atoms with Crippen molar-refractivity contribution in [3.8, 4) is 0 Å². The predicted molar refractivity (Wildman–Crippen MR) is 52.3 cm³/mol. The van der Waals surface area contributed by atoms with Crippen LogP contribution in [0.15, 0.2) is 24.3 Å². The van der Waals surface area contributed by atoms with Gasteiger partial charge in [-0.25, -0.2) is 0 Å². The molecular formula is C9H8ClNO3. The lowest BCUT2D eigenvalue weighted by Crippen LogP contribution is -1.93. The maximum absolute atomic E-state index is 10.5. The lowest BCUT2D eigenvalue weighted by atomic mass is 10.1. The minimum atomic E-state index is -0.466. The molecule has 0 spiro atoms. The molecule has 0 aliphatic rings. The Hall–Kier alpha value is -1.42. The molecule has 4 nitrogen and oxygen atoms in total. The van der Waals surface area contributed by atoms with Crippen molar-refractivity contribution in [1.29, 1.82) is 0 Å². The third-order valence-electron chi connectivity index (χ3n) is 1.73. The molecule has 0 heterocycles. The molecular weight excluding hydrogens is 206 g/mol. The number of nitro groups is 1. The summed E-state index contributed by atoms with van der Waals surface area (Å²) in [6, 6.07) is 6.17. The zero-order valence-corrected chi connectivity index (χ0v) is 8.03. The van der Waals surface area contributed by atoms with Gasteiger partial charge in [0.1, 0.15) is 0 Å². The number of benzene rings is 1. The molecule has 0 N–H and O–H groups in total. The van der Waals surface area contributed by atoms with E-state index in [1.807, 2.05) is 0 Å². The van der Waals surface area contributed by atoms with Gasteiger partial charge < -0.3 is 0 Å². The topological polar surface area (TPSA) is 60.2 Å². The highest BCUT2D eigenvalue weighted by molar-refractivity contribution is 6.63. The summed E-state index contributed by atoms with van der Waals surface area (Å²) in [5.74, 6) is 0. The molecule has 1 aromatic carbocycles. The molecule has 14 heavy (non-hydrogen) atoms. The van der Waals surface area contributed by atoms with Crippen molar-refractivity contribution in [2.45, 2.75) is 12.8 Å². The maximum atomic E-state index is 10.5. The van der Waals surface area contributed by atoms with Gasteiger partial charge in [-0.1, -0.05) is 12.1 Å². The Bertz CT molecular complexity index is 365. The van der Waals surface area contributed by atoms with Gasteiger partial charge in [0.05, 0.1) is 4.92 Å². The van der Waals surface area contributed by atoms with Crippen LogP contribution in [0.1, 0.15) is 12.0 Å². The highest BCUT2D eigenvalue weighted by Gasteiger charge is 2.06. The Morgan fingerprint density at radius 2 is 2.21 bits per heavy atom. The third-order valence-corrected chi connectivity index (χ3v) is 1.92. The molecule has 74 valence electrons. The first-order valence-electron chi connectivity index (χ1n) is 4.01. The zero-order valence-electron chi connectivity index (χ0n) is 7.27. The van der Waals surface area contributed by atoms with Crippen molar-refractivity contribution >= 4 is 22.5 Å². The van der Waals surface area contributed by atoms with Crippen LogP contribution in [0.25, 0.3) is 0 Å². The molecule has 0 saturated heterocycles. The number of hydrogen-bond donors (Lipinski definition) is 0. The molecule has 0 fully saturated rings. The monoisotopic (exact) mass is 213 g/mol. The minimum absolute atomic E-state index is 0.0320. The van der Waals surface area contributed by atoms with Gasteiger partial charge >= 0.3 is 0 Å². The number of hydrogen-bond acceptors (Lipinski definition) is 3. The van der Waals surface area contributed by atoms with E-state index in [9.17, 15) is 14.9 Å². The van der Waals surface area contributed by atoms with Crippen LogP contribution in [0.5, 0.6) is 0 Å². The van der Waals surface area contributed by atoms with Gasteiger partial charge in [0.25, 0.3) is 5.69 Å². The Balaban J connectivity index is 2.73. The van der Waals surface area contributed by atoms with Crippen LogP contribution in [-0.2, 0) is 11.2 Å². The molecule has 5 heteroatoms. The van der Waals surface area contributed by atoms with E-state index in [4.69, 9.17) is 11.6 Å². The van der Waals surface area contributed by atoms with Crippen molar-refractivity contribution in [1.82, 2.24) is 0 Å². The lowest BCUT2D eigenvalue weighted by molar-refractivity contribution is -0.384. The standard InChI is InChI=1S/C9H8ClNO3/c10-9(12)5-4-7-2-1-3-8(6-7)11(13)14/h1-3,6H,4-5H2. The first kappa shape index (κ1) is 10.7. The number of aryl methyl sites for hydroxylation is 1. The average molecular weight is 214 g/mol. The highest BCUT2D eigenvalue weighted by atomic mass is 35.5. The van der Waals surface area contributed by atoms with Gasteiger partial charge in [0, 0.05) is 18.6 Å². The summed E-state index contributed by atoms with van der Waals surface area (Å²) >= 11 is 5.16. The van der Waals surface area contributed by atoms with Crippen LogP contribution in [0.3, 0.4) is 0 Å². The molecule has 0 amide bonds. The second-order valence-corrected chi connectivity index (χ2v) is 3.20. The van der Waals surface area contributed by atoms with E-state index in [1.165, 1.54) is 12.1 Å². The molecule has 1 rings (SSSR count). The van der Waals surface area contributed by atoms with E-state index in [0.29, 0.717) is 6.42 Å². The molecule has 0 aromatic heterocycles. The van der Waals surface area contributed by atoms with Crippen LogP contribution in [-0.4, -0.2) is 10.2 Å². The number of halogens is 1. The molecule has 0 bridgehead atoms. The van der Waals surface area contributed by atoms with E-state index in [0.717, 1.165) is 5.56 Å². The molecule has 0 radical (unpaired) electrons. The Labute approximate surface area is 85.6 Å². The molecule has 1 aromatic rings. The predicted octanol–water partition coefficient (Wildman–Crippen LogP) is 2.29. The number of nitrogens with zero attached hydrogens (tertiary/aromatic N) is 1. The minimum Gasteiger partial charge on any atom is -0.281 e. The summed E-state index contributed by atoms with van der Waals surface area (Å²) in [5.41, 5.74) is 0.776. The molecule has 0 saturated carbocycles. The number of nitro benzene ring substituents is 1. The highest BCUT2D eigenvalue weighted by Crippen LogP contribution is 2.14. The SMILES string of the molecule is O=C(Cl)CCc1cccc([N+](=O)[O-])c1. The van der Waals surface area contributed by atoms with Gasteiger partial charge in [-0.15, -0.1) is 0 Å². The van der Waals surface area contributed by atoms with Crippen LogP contribution < -0.4 is 0 Å². The van der Waals surface area contributed by atoms with Gasteiger partial charge in [0.2, 0.25) is 5.24 Å². The molecule has 0 aliphatic heterocycles. The average Bonchev–Trinajstić information content (AvgIpc) is 2.15. The van der Waals surface area contributed by atoms with E-state index in [1.54, 1.807) is 12.1 Å². The fourth-order valence-electron chi connectivity index (χ4n) is 1.07. The van der Waals surface area contributed by atoms with Crippen molar-refractivity contribution in [2.24, 2.45) is 0 Å². The quantitative estimate of drug-likeness (QED) is 0.438. The first-order chi connectivity index (χ1) is 6.59. The largest absolute Gasteiger partial charge is 0.281 e. The Morgan fingerprint density at radius 3 is 2.79 bits per heavy atom. The van der Waals surface area contributed by atoms with Crippen LogP contribution in [0.2, 0.25) is 0 Å². The Kier molecular flexibility index (Phi) is 3.59. The smallest absolute Gasteiger partial charge is 0.269 e.